The van der Waals surface area contributed by atoms with Gasteiger partial charge in [0.25, 0.3) is 0 Å². The van der Waals surface area contributed by atoms with Crippen molar-refractivity contribution < 1.29 is 16.4 Å². The molecule has 1 aliphatic rings. The molecule has 4 aromatic rings. The third-order valence-electron chi connectivity index (χ3n) is 7.86. The first-order valence-corrected chi connectivity index (χ1v) is 23.0. The van der Waals surface area contributed by atoms with E-state index in [0.29, 0.717) is 0 Å². The molecule has 0 heterocycles. The fraction of sp³-hybridized carbons (Fsp3) is 0.273. The van der Waals surface area contributed by atoms with Crippen LogP contribution in [0.25, 0.3) is 11.1 Å². The average molecular weight is 594 g/mol. The molecule has 0 bridgehead atoms. The fourth-order valence-corrected chi connectivity index (χ4v) is 21.8. The van der Waals surface area contributed by atoms with Crippen LogP contribution in [0.15, 0.2) is 97.1 Å². The average Bonchev–Trinajstić information content (AvgIpc) is 3.18. The van der Waals surface area contributed by atoms with Crippen LogP contribution in [0.4, 0.5) is 0 Å². The number of hydrogen-bond acceptors (Lipinski definition) is 0. The van der Waals surface area contributed by atoms with Crippen molar-refractivity contribution in [2.45, 2.75) is 56.0 Å². The van der Waals surface area contributed by atoms with Gasteiger partial charge in [0.2, 0.25) is 0 Å². The van der Waals surface area contributed by atoms with Crippen LogP contribution in [0, 0.1) is 0 Å². The van der Waals surface area contributed by atoms with Gasteiger partial charge >= 0.3 is 226 Å². The van der Waals surface area contributed by atoms with Crippen molar-refractivity contribution >= 4 is 23.6 Å². The van der Waals surface area contributed by atoms with E-state index in [-0.39, 0.29) is 14.5 Å². The Balaban J connectivity index is 1.92. The summed E-state index contributed by atoms with van der Waals surface area (Å²) in [6.07, 6.45) is 0. The third kappa shape index (κ3) is 4.07. The molecule has 0 amide bonds. The number of fused-ring (bicyclic) bond motifs is 3. The summed E-state index contributed by atoms with van der Waals surface area (Å²) in [6, 6.07) is 34.9. The fourth-order valence-electron chi connectivity index (χ4n) is 5.73. The predicted octanol–water partition coefficient (Wildman–Crippen LogP) is 9.00. The molecule has 0 saturated carbocycles. The molecule has 0 nitrogen and oxygen atoms in total. The Hall–Kier alpha value is -1.66. The van der Waals surface area contributed by atoms with E-state index in [1.165, 1.54) is 33.4 Å². The molecule has 185 valence electrons. The summed E-state index contributed by atoms with van der Waals surface area (Å²) < 4.78 is 2.08. The summed E-state index contributed by atoms with van der Waals surface area (Å²) in [7, 11) is 16.4. The summed E-state index contributed by atoms with van der Waals surface area (Å²) in [5.74, 6) is 0. The predicted molar refractivity (Wildman–Crippen MR) is 155 cm³/mol. The number of halogens is 2. The maximum atomic E-state index is 8.22. The Labute approximate surface area is 224 Å². The second-order valence-electron chi connectivity index (χ2n) is 12.4. The Morgan fingerprint density at radius 1 is 0.528 bits per heavy atom. The molecule has 0 aliphatic heterocycles. The molecule has 0 atom stereocenters. The first-order chi connectivity index (χ1) is 16.8. The minimum atomic E-state index is -5.04. The van der Waals surface area contributed by atoms with E-state index < -0.39 is 16.4 Å². The van der Waals surface area contributed by atoms with Crippen molar-refractivity contribution in [3.05, 3.63) is 119 Å². The SMILES string of the molecule is CC(C)(C)c1ccc2c(c1)[CH]([Zr]([Cl])([Cl])([c]1ccccc1)[c]1ccccc1)c1cc(C(C)(C)C)ccc1-2. The van der Waals surface area contributed by atoms with Crippen molar-refractivity contribution in [1.29, 1.82) is 0 Å². The zero-order valence-corrected chi connectivity index (χ0v) is 26.0. The Bertz CT molecular complexity index is 1320. The second kappa shape index (κ2) is 8.69. The zero-order chi connectivity index (χ0) is 26.0. The quantitative estimate of drug-likeness (QED) is 0.222. The molecule has 0 fully saturated rings. The Morgan fingerprint density at radius 3 is 1.22 bits per heavy atom. The van der Waals surface area contributed by atoms with E-state index in [0.717, 1.165) is 6.54 Å². The topological polar surface area (TPSA) is 0 Å². The van der Waals surface area contributed by atoms with Gasteiger partial charge in [-0.1, -0.05) is 0 Å². The molecule has 0 N–H and O–H groups in total. The molecule has 4 aromatic carbocycles. The summed E-state index contributed by atoms with van der Waals surface area (Å²) in [5.41, 5.74) is 7.72. The number of benzene rings is 4. The van der Waals surface area contributed by atoms with E-state index in [4.69, 9.17) is 17.0 Å². The minimum absolute atomic E-state index is 0.0222. The van der Waals surface area contributed by atoms with Gasteiger partial charge in [-0.05, 0) is 0 Å². The first kappa shape index (κ1) is 26.0. The molecule has 0 saturated heterocycles. The van der Waals surface area contributed by atoms with Crippen molar-refractivity contribution in [2.75, 3.05) is 0 Å². The molecule has 0 aromatic heterocycles. The van der Waals surface area contributed by atoms with Crippen molar-refractivity contribution in [1.82, 2.24) is 0 Å². The standard InChI is InChI=1S/C21H25.2C6H5.2ClH.Zr/c1-20(2,3)16-7-9-18-14(12-16)11-15-13-17(21(4,5)6)8-10-19(15)18;2*1-2-4-6-5-3-1;;;/h7-13H,1-6H3;2*1-5H;2*1H;/q;;;;;+2/p-2. The van der Waals surface area contributed by atoms with Gasteiger partial charge in [-0.2, -0.15) is 0 Å². The van der Waals surface area contributed by atoms with Crippen LogP contribution >= 0.6 is 17.0 Å². The molecule has 0 spiro atoms. The van der Waals surface area contributed by atoms with Crippen LogP contribution in [0.5, 0.6) is 0 Å². The van der Waals surface area contributed by atoms with Gasteiger partial charge in [-0.3, -0.25) is 0 Å². The van der Waals surface area contributed by atoms with Gasteiger partial charge < -0.3 is 0 Å². The van der Waals surface area contributed by atoms with Crippen molar-refractivity contribution in [3.63, 3.8) is 0 Å². The number of hydrogen-bond donors (Lipinski definition) is 0. The van der Waals surface area contributed by atoms with E-state index >= 15 is 0 Å². The monoisotopic (exact) mass is 591 g/mol. The Kier molecular flexibility index (Phi) is 6.27. The zero-order valence-electron chi connectivity index (χ0n) is 22.1. The number of rotatable bonds is 3. The maximum absolute atomic E-state index is 8.22. The van der Waals surface area contributed by atoms with E-state index in [1.807, 2.05) is 12.1 Å². The van der Waals surface area contributed by atoms with Crippen LogP contribution in [0.1, 0.15) is 67.4 Å². The first-order valence-electron chi connectivity index (χ1n) is 12.8. The Morgan fingerprint density at radius 2 is 0.889 bits per heavy atom. The van der Waals surface area contributed by atoms with Crippen LogP contribution in [-0.4, -0.2) is 0 Å². The van der Waals surface area contributed by atoms with Gasteiger partial charge in [-0.15, -0.1) is 0 Å². The summed E-state index contributed by atoms with van der Waals surface area (Å²) in [4.78, 5) is 0. The molecule has 1 aliphatic carbocycles. The van der Waals surface area contributed by atoms with Gasteiger partial charge in [-0.25, -0.2) is 0 Å². The van der Waals surface area contributed by atoms with Gasteiger partial charge in [0.05, 0.1) is 0 Å². The molecular weight excluding hydrogens is 558 g/mol. The summed E-state index contributed by atoms with van der Waals surface area (Å²) in [5, 5.41) is 0. The molecule has 36 heavy (non-hydrogen) atoms. The summed E-state index contributed by atoms with van der Waals surface area (Å²) >= 11 is -5.04. The van der Waals surface area contributed by atoms with Crippen LogP contribution in [0.3, 0.4) is 0 Å². The van der Waals surface area contributed by atoms with Crippen molar-refractivity contribution in [2.24, 2.45) is 0 Å². The summed E-state index contributed by atoms with van der Waals surface area (Å²) in [6.45, 7) is 13.6. The van der Waals surface area contributed by atoms with E-state index in [1.54, 1.807) is 0 Å². The second-order valence-corrected chi connectivity index (χ2v) is 32.4. The van der Waals surface area contributed by atoms with E-state index in [2.05, 4.69) is 126 Å². The third-order valence-corrected chi connectivity index (χ3v) is 26.5. The normalized spacial score (nSPS) is 15.2. The molecular formula is C33H35Cl2Zr. The van der Waals surface area contributed by atoms with Gasteiger partial charge in [0.15, 0.2) is 0 Å². The van der Waals surface area contributed by atoms with Gasteiger partial charge in [0, 0.05) is 0 Å². The molecule has 0 unspecified atom stereocenters. The van der Waals surface area contributed by atoms with E-state index in [9.17, 15) is 0 Å². The van der Waals surface area contributed by atoms with Crippen molar-refractivity contribution in [3.8, 4) is 11.1 Å². The van der Waals surface area contributed by atoms with Crippen LogP contribution in [0.2, 0.25) is 0 Å². The molecule has 5 rings (SSSR count). The van der Waals surface area contributed by atoms with Gasteiger partial charge in [0.1, 0.15) is 0 Å². The van der Waals surface area contributed by atoms with Crippen LogP contribution < -0.4 is 6.54 Å². The molecule has 3 heteroatoms. The van der Waals surface area contributed by atoms with Crippen LogP contribution in [-0.2, 0) is 27.2 Å². The molecule has 0 radical (unpaired) electrons.